The van der Waals surface area contributed by atoms with Crippen LogP contribution in [0.15, 0.2) is 71.3 Å². The second kappa shape index (κ2) is 10.5. The number of carbonyl (C=O) groups is 3. The van der Waals surface area contributed by atoms with Crippen LogP contribution in [0.25, 0.3) is 0 Å². The van der Waals surface area contributed by atoms with Crippen molar-refractivity contribution in [1.82, 2.24) is 4.90 Å². The number of carbonyl (C=O) groups excluding carboxylic acids is 3. The Hall–Kier alpha value is -4.07. The Kier molecular flexibility index (Phi) is 7.50. The Morgan fingerprint density at radius 2 is 1.73 bits per heavy atom. The van der Waals surface area contributed by atoms with Crippen molar-refractivity contribution in [2.75, 3.05) is 12.4 Å². The first-order valence-corrected chi connectivity index (χ1v) is 10.5. The topological polar surface area (TPSA) is 115 Å². The van der Waals surface area contributed by atoms with Crippen molar-refractivity contribution in [2.24, 2.45) is 11.7 Å². The molecule has 172 valence electrons. The zero-order valence-electron chi connectivity index (χ0n) is 18.8. The van der Waals surface area contributed by atoms with E-state index in [1.165, 1.54) is 11.2 Å². The summed E-state index contributed by atoms with van der Waals surface area (Å²) in [6.07, 6.45) is 1.50. The number of para-hydroxylation sites is 1. The molecular formula is C25H27N3O5. The smallest absolute Gasteiger partial charge is 0.257 e. The Labute approximate surface area is 192 Å². The van der Waals surface area contributed by atoms with Crippen LogP contribution in [0.5, 0.6) is 5.75 Å². The molecule has 0 unspecified atom stereocenters. The second-order valence-electron chi connectivity index (χ2n) is 7.83. The molecule has 0 spiro atoms. The van der Waals surface area contributed by atoms with E-state index in [0.29, 0.717) is 22.8 Å². The number of primary amides is 1. The molecule has 1 heterocycles. The van der Waals surface area contributed by atoms with Crippen molar-refractivity contribution in [3.8, 4) is 5.75 Å². The van der Waals surface area contributed by atoms with E-state index < -0.39 is 17.9 Å². The molecule has 8 nitrogen and oxygen atoms in total. The molecule has 0 bridgehead atoms. The van der Waals surface area contributed by atoms with Gasteiger partial charge in [-0.1, -0.05) is 26.0 Å². The molecule has 0 radical (unpaired) electrons. The monoisotopic (exact) mass is 449 g/mol. The van der Waals surface area contributed by atoms with Gasteiger partial charge in [0.25, 0.3) is 11.8 Å². The summed E-state index contributed by atoms with van der Waals surface area (Å²) in [5.41, 5.74) is 6.62. The zero-order chi connectivity index (χ0) is 24.0. The summed E-state index contributed by atoms with van der Waals surface area (Å²) in [5.74, 6) is -0.552. The van der Waals surface area contributed by atoms with Crippen LogP contribution in [-0.2, 0) is 11.3 Å². The van der Waals surface area contributed by atoms with E-state index in [1.54, 1.807) is 67.8 Å². The fourth-order valence-corrected chi connectivity index (χ4v) is 3.58. The van der Waals surface area contributed by atoms with E-state index in [1.807, 2.05) is 13.8 Å². The highest BCUT2D eigenvalue weighted by atomic mass is 16.5. The number of nitrogens with zero attached hydrogens (tertiary/aromatic N) is 1. The van der Waals surface area contributed by atoms with Gasteiger partial charge in [0.1, 0.15) is 17.6 Å². The maximum absolute atomic E-state index is 13.7. The predicted molar refractivity (Wildman–Crippen MR) is 124 cm³/mol. The molecule has 0 saturated carbocycles. The largest absolute Gasteiger partial charge is 0.497 e. The quantitative estimate of drug-likeness (QED) is 0.517. The van der Waals surface area contributed by atoms with Gasteiger partial charge < -0.3 is 25.1 Å². The highest BCUT2D eigenvalue weighted by Crippen LogP contribution is 2.24. The Bertz CT molecular complexity index is 1110. The Morgan fingerprint density at radius 1 is 1.03 bits per heavy atom. The minimum absolute atomic E-state index is 0.0539. The van der Waals surface area contributed by atoms with E-state index >= 15 is 0 Å². The van der Waals surface area contributed by atoms with Crippen LogP contribution in [0.4, 0.5) is 5.69 Å². The zero-order valence-corrected chi connectivity index (χ0v) is 18.8. The lowest BCUT2D eigenvalue weighted by atomic mass is 10.00. The number of hydrogen-bond acceptors (Lipinski definition) is 5. The number of ether oxygens (including phenoxy) is 1. The minimum Gasteiger partial charge on any atom is -0.497 e. The second-order valence-corrected chi connectivity index (χ2v) is 7.83. The lowest BCUT2D eigenvalue weighted by Gasteiger charge is -2.32. The fourth-order valence-electron chi connectivity index (χ4n) is 3.58. The standard InChI is InChI=1S/C25H27N3O5/c1-16(2)22(23(26)29)28(15-19-7-6-14-33-19)25(31)20-8-4-5-9-21(20)27-24(30)17-10-12-18(32-3)13-11-17/h4-14,16,22H,15H2,1-3H3,(H2,26,29)(H,27,30)/t22-/m1/s1. The summed E-state index contributed by atoms with van der Waals surface area (Å²) in [6, 6.07) is 15.8. The van der Waals surface area contributed by atoms with E-state index in [9.17, 15) is 14.4 Å². The molecule has 0 aliphatic heterocycles. The van der Waals surface area contributed by atoms with Crippen LogP contribution in [0.3, 0.4) is 0 Å². The molecule has 0 saturated heterocycles. The van der Waals surface area contributed by atoms with E-state index in [-0.39, 0.29) is 23.9 Å². The number of anilines is 1. The highest BCUT2D eigenvalue weighted by Gasteiger charge is 2.33. The lowest BCUT2D eigenvalue weighted by molar-refractivity contribution is -0.124. The van der Waals surface area contributed by atoms with Gasteiger partial charge in [0.2, 0.25) is 5.91 Å². The van der Waals surface area contributed by atoms with Crippen LogP contribution in [0, 0.1) is 5.92 Å². The summed E-state index contributed by atoms with van der Waals surface area (Å²) >= 11 is 0. The number of amides is 3. The molecule has 0 aliphatic rings. The van der Waals surface area contributed by atoms with Crippen LogP contribution in [0.2, 0.25) is 0 Å². The fraction of sp³-hybridized carbons (Fsp3) is 0.240. The normalized spacial score (nSPS) is 11.6. The van der Waals surface area contributed by atoms with Gasteiger partial charge in [-0.05, 0) is 54.4 Å². The van der Waals surface area contributed by atoms with Gasteiger partial charge in [0.05, 0.1) is 31.2 Å². The van der Waals surface area contributed by atoms with Gasteiger partial charge in [-0.25, -0.2) is 0 Å². The van der Waals surface area contributed by atoms with E-state index in [4.69, 9.17) is 14.9 Å². The molecule has 33 heavy (non-hydrogen) atoms. The van der Waals surface area contributed by atoms with Crippen molar-refractivity contribution in [3.05, 3.63) is 83.8 Å². The summed E-state index contributed by atoms with van der Waals surface area (Å²) in [5, 5.41) is 2.79. The van der Waals surface area contributed by atoms with Gasteiger partial charge in [0, 0.05) is 5.56 Å². The minimum atomic E-state index is -0.868. The molecule has 1 atom stereocenters. The lowest BCUT2D eigenvalue weighted by Crippen LogP contribution is -2.50. The number of rotatable bonds is 9. The van der Waals surface area contributed by atoms with Gasteiger partial charge in [-0.15, -0.1) is 0 Å². The number of nitrogens with one attached hydrogen (secondary N) is 1. The van der Waals surface area contributed by atoms with Crippen LogP contribution in [0.1, 0.15) is 40.3 Å². The highest BCUT2D eigenvalue weighted by molar-refractivity contribution is 6.09. The summed E-state index contributed by atoms with van der Waals surface area (Å²) < 4.78 is 10.5. The van der Waals surface area contributed by atoms with Gasteiger partial charge in [-0.3, -0.25) is 14.4 Å². The van der Waals surface area contributed by atoms with Crippen molar-refractivity contribution in [3.63, 3.8) is 0 Å². The van der Waals surface area contributed by atoms with Crippen molar-refractivity contribution >= 4 is 23.4 Å². The van der Waals surface area contributed by atoms with Gasteiger partial charge in [-0.2, -0.15) is 0 Å². The molecule has 3 rings (SSSR count). The third-order valence-electron chi connectivity index (χ3n) is 5.18. The molecule has 1 aromatic heterocycles. The average molecular weight is 450 g/mol. The molecule has 0 fully saturated rings. The average Bonchev–Trinajstić information content (AvgIpc) is 3.31. The number of benzene rings is 2. The van der Waals surface area contributed by atoms with Crippen LogP contribution >= 0.6 is 0 Å². The van der Waals surface area contributed by atoms with Crippen molar-refractivity contribution in [2.45, 2.75) is 26.4 Å². The first kappa shape index (κ1) is 23.6. The molecule has 3 amide bonds. The maximum atomic E-state index is 13.7. The summed E-state index contributed by atoms with van der Waals surface area (Å²) in [4.78, 5) is 40.1. The summed E-state index contributed by atoms with van der Waals surface area (Å²) in [7, 11) is 1.54. The number of furan rings is 1. The Balaban J connectivity index is 1.93. The number of hydrogen-bond donors (Lipinski definition) is 2. The van der Waals surface area contributed by atoms with Gasteiger partial charge >= 0.3 is 0 Å². The molecule has 3 N–H and O–H groups in total. The summed E-state index contributed by atoms with van der Waals surface area (Å²) in [6.45, 7) is 3.68. The third-order valence-corrected chi connectivity index (χ3v) is 5.18. The molecule has 8 heteroatoms. The SMILES string of the molecule is COc1ccc(C(=O)Nc2ccccc2C(=O)N(Cc2ccco2)[C@@H](C(N)=O)C(C)C)cc1. The first-order valence-electron chi connectivity index (χ1n) is 10.5. The predicted octanol–water partition coefficient (Wildman–Crippen LogP) is 3.69. The Morgan fingerprint density at radius 3 is 2.30 bits per heavy atom. The molecule has 2 aromatic carbocycles. The number of methoxy groups -OCH3 is 1. The van der Waals surface area contributed by atoms with E-state index in [0.717, 1.165) is 0 Å². The molecule has 3 aromatic rings. The maximum Gasteiger partial charge on any atom is 0.257 e. The van der Waals surface area contributed by atoms with E-state index in [2.05, 4.69) is 5.32 Å². The van der Waals surface area contributed by atoms with Crippen LogP contribution in [-0.4, -0.2) is 35.8 Å². The van der Waals surface area contributed by atoms with Crippen molar-refractivity contribution < 1.29 is 23.5 Å². The van der Waals surface area contributed by atoms with Crippen LogP contribution < -0.4 is 15.8 Å². The molecule has 0 aliphatic carbocycles. The molecular weight excluding hydrogens is 422 g/mol. The number of nitrogens with two attached hydrogens (primary N) is 1. The van der Waals surface area contributed by atoms with Gasteiger partial charge in [0.15, 0.2) is 0 Å². The first-order chi connectivity index (χ1) is 15.8. The van der Waals surface area contributed by atoms with Crippen molar-refractivity contribution in [1.29, 1.82) is 0 Å². The third kappa shape index (κ3) is 5.60.